The Balaban J connectivity index is 0.00000256. The normalized spacial score (nSPS) is 13.1. The molecule has 1 aromatic carbocycles. The maximum absolute atomic E-state index is 12.1. The molecule has 0 heterocycles. The summed E-state index contributed by atoms with van der Waals surface area (Å²) in [5, 5.41) is 0.284. The number of benzene rings is 1. The van der Waals surface area contributed by atoms with E-state index < -0.39 is 18.6 Å². The van der Waals surface area contributed by atoms with E-state index in [1.807, 2.05) is 0 Å². The van der Waals surface area contributed by atoms with Crippen LogP contribution in [0.15, 0.2) is 12.1 Å². The minimum atomic E-state index is -4.36. The van der Waals surface area contributed by atoms with E-state index in [9.17, 15) is 13.2 Å². The van der Waals surface area contributed by atoms with Crippen LogP contribution in [0, 0.1) is 0 Å². The second kappa shape index (κ2) is 6.34. The Hall–Kier alpha value is 0.130. The summed E-state index contributed by atoms with van der Waals surface area (Å²) in [4.78, 5) is 0. The molecule has 0 unspecified atom stereocenters. The van der Waals surface area contributed by atoms with Gasteiger partial charge in [-0.15, -0.1) is 12.4 Å². The Morgan fingerprint density at radius 1 is 1.18 bits per heavy atom. The summed E-state index contributed by atoms with van der Waals surface area (Å²) >= 11 is 17.1. The van der Waals surface area contributed by atoms with Crippen molar-refractivity contribution in [1.29, 1.82) is 0 Å². The molecule has 98 valence electrons. The zero-order valence-electron chi connectivity index (χ0n) is 8.19. The van der Waals surface area contributed by atoms with Crippen molar-refractivity contribution < 1.29 is 13.2 Å². The zero-order valence-corrected chi connectivity index (χ0v) is 11.3. The van der Waals surface area contributed by atoms with Crippen LogP contribution < -0.4 is 5.73 Å². The van der Waals surface area contributed by atoms with E-state index >= 15 is 0 Å². The van der Waals surface area contributed by atoms with Gasteiger partial charge in [-0.1, -0.05) is 34.8 Å². The third kappa shape index (κ3) is 5.10. The summed E-state index contributed by atoms with van der Waals surface area (Å²) < 4.78 is 36.4. The first-order valence-electron chi connectivity index (χ1n) is 4.17. The second-order valence-electron chi connectivity index (χ2n) is 3.22. The Kier molecular flexibility index (Phi) is 6.39. The van der Waals surface area contributed by atoms with Gasteiger partial charge in [0, 0.05) is 11.1 Å². The molecule has 0 aliphatic rings. The van der Waals surface area contributed by atoms with Crippen molar-refractivity contribution in [2.75, 3.05) is 0 Å². The number of rotatable bonds is 2. The molecule has 8 heteroatoms. The molecule has 1 atom stereocenters. The van der Waals surface area contributed by atoms with Crippen molar-refractivity contribution >= 4 is 47.2 Å². The highest BCUT2D eigenvalue weighted by Gasteiger charge is 2.32. The van der Waals surface area contributed by atoms with E-state index in [1.165, 1.54) is 12.1 Å². The Morgan fingerprint density at radius 3 is 2.18 bits per heavy atom. The van der Waals surface area contributed by atoms with E-state index in [0.717, 1.165) is 0 Å². The van der Waals surface area contributed by atoms with Gasteiger partial charge < -0.3 is 5.73 Å². The van der Waals surface area contributed by atoms with Gasteiger partial charge in [-0.05, 0) is 17.7 Å². The topological polar surface area (TPSA) is 26.0 Å². The molecule has 0 saturated carbocycles. The highest BCUT2D eigenvalue weighted by Crippen LogP contribution is 2.36. The van der Waals surface area contributed by atoms with Crippen LogP contribution in [0.2, 0.25) is 15.1 Å². The molecule has 0 spiro atoms. The van der Waals surface area contributed by atoms with Crippen LogP contribution >= 0.6 is 47.2 Å². The van der Waals surface area contributed by atoms with Crippen LogP contribution in [0.3, 0.4) is 0 Å². The zero-order chi connectivity index (χ0) is 12.5. The summed E-state index contributed by atoms with van der Waals surface area (Å²) in [6.07, 6.45) is -5.54. The third-order valence-corrected chi connectivity index (χ3v) is 2.91. The van der Waals surface area contributed by atoms with E-state index in [2.05, 4.69) is 0 Å². The van der Waals surface area contributed by atoms with Crippen LogP contribution in [0.4, 0.5) is 13.2 Å². The fraction of sp³-hybridized carbons (Fsp3) is 0.333. The minimum absolute atomic E-state index is 0. The van der Waals surface area contributed by atoms with E-state index in [0.29, 0.717) is 0 Å². The van der Waals surface area contributed by atoms with Crippen molar-refractivity contribution in [3.63, 3.8) is 0 Å². The molecule has 2 N–H and O–H groups in total. The lowest BCUT2D eigenvalue weighted by Gasteiger charge is -2.16. The second-order valence-corrected chi connectivity index (χ2v) is 4.44. The lowest BCUT2D eigenvalue weighted by atomic mass is 10.0. The highest BCUT2D eigenvalue weighted by molar-refractivity contribution is 6.43. The largest absolute Gasteiger partial charge is 0.390 e. The average molecular weight is 329 g/mol. The predicted octanol–water partition coefficient (Wildman–Crippen LogP) is 5.02. The molecular weight excluding hydrogens is 321 g/mol. The first kappa shape index (κ1) is 17.1. The van der Waals surface area contributed by atoms with E-state index in [-0.39, 0.29) is 33.0 Å². The average Bonchev–Trinajstić information content (AvgIpc) is 2.08. The first-order valence-corrected chi connectivity index (χ1v) is 5.31. The van der Waals surface area contributed by atoms with Gasteiger partial charge in [-0.2, -0.15) is 13.2 Å². The molecule has 0 aliphatic heterocycles. The highest BCUT2D eigenvalue weighted by atomic mass is 35.5. The monoisotopic (exact) mass is 327 g/mol. The smallest absolute Gasteiger partial charge is 0.324 e. The number of halogens is 7. The fourth-order valence-corrected chi connectivity index (χ4v) is 1.96. The summed E-state index contributed by atoms with van der Waals surface area (Å²) in [5.41, 5.74) is 5.49. The molecule has 17 heavy (non-hydrogen) atoms. The molecule has 0 saturated heterocycles. The number of alkyl halides is 3. The number of nitrogens with two attached hydrogens (primary N) is 1. The van der Waals surface area contributed by atoms with E-state index in [4.69, 9.17) is 40.5 Å². The molecule has 0 radical (unpaired) electrons. The van der Waals surface area contributed by atoms with Gasteiger partial charge in [0.2, 0.25) is 0 Å². The van der Waals surface area contributed by atoms with Crippen molar-refractivity contribution in [3.8, 4) is 0 Å². The molecule has 0 fully saturated rings. The fourth-order valence-electron chi connectivity index (χ4n) is 1.21. The SMILES string of the molecule is Cl.N[C@H](CC(F)(F)F)c1cc(Cl)cc(Cl)c1Cl. The molecule has 0 amide bonds. The van der Waals surface area contributed by atoms with Crippen molar-refractivity contribution in [2.45, 2.75) is 18.6 Å². The standard InChI is InChI=1S/C9H7Cl3F3N.ClH/c10-4-1-5(8(12)6(11)2-4)7(16)3-9(13,14)15;/h1-2,7H,3,16H2;1H/t7-;/m1./s1. The van der Waals surface area contributed by atoms with Gasteiger partial charge in [0.15, 0.2) is 0 Å². The minimum Gasteiger partial charge on any atom is -0.324 e. The van der Waals surface area contributed by atoms with Gasteiger partial charge in [-0.3, -0.25) is 0 Å². The van der Waals surface area contributed by atoms with Crippen LogP contribution in [-0.2, 0) is 0 Å². The molecule has 1 aromatic rings. The van der Waals surface area contributed by atoms with Gasteiger partial charge in [0.25, 0.3) is 0 Å². The quantitative estimate of drug-likeness (QED) is 0.758. The van der Waals surface area contributed by atoms with Crippen LogP contribution in [0.25, 0.3) is 0 Å². The van der Waals surface area contributed by atoms with Crippen LogP contribution in [0.5, 0.6) is 0 Å². The van der Waals surface area contributed by atoms with Crippen LogP contribution in [0.1, 0.15) is 18.0 Å². The molecule has 0 aliphatic carbocycles. The lowest BCUT2D eigenvalue weighted by Crippen LogP contribution is -2.20. The van der Waals surface area contributed by atoms with Gasteiger partial charge >= 0.3 is 6.18 Å². The molecule has 1 nitrogen and oxygen atoms in total. The Bertz CT molecular complexity index is 395. The summed E-state index contributed by atoms with van der Waals surface area (Å²) in [7, 11) is 0. The molecule has 1 rings (SSSR count). The Morgan fingerprint density at radius 2 is 1.71 bits per heavy atom. The maximum atomic E-state index is 12.1. The Labute approximate surface area is 117 Å². The number of hydrogen-bond donors (Lipinski definition) is 1. The van der Waals surface area contributed by atoms with Crippen molar-refractivity contribution in [1.82, 2.24) is 0 Å². The molecule has 0 bridgehead atoms. The predicted molar refractivity (Wildman–Crippen MR) is 66.3 cm³/mol. The van der Waals surface area contributed by atoms with Gasteiger partial charge in [0.05, 0.1) is 16.5 Å². The lowest BCUT2D eigenvalue weighted by molar-refractivity contribution is -0.138. The first-order chi connectivity index (χ1) is 7.20. The number of hydrogen-bond acceptors (Lipinski definition) is 1. The summed E-state index contributed by atoms with van der Waals surface area (Å²) in [6.45, 7) is 0. The molecule has 0 aromatic heterocycles. The van der Waals surface area contributed by atoms with Crippen LogP contribution in [-0.4, -0.2) is 6.18 Å². The van der Waals surface area contributed by atoms with Crippen molar-refractivity contribution in [2.24, 2.45) is 5.73 Å². The third-order valence-electron chi connectivity index (χ3n) is 1.87. The van der Waals surface area contributed by atoms with E-state index in [1.54, 1.807) is 0 Å². The maximum Gasteiger partial charge on any atom is 0.390 e. The summed E-state index contributed by atoms with van der Waals surface area (Å²) in [5.74, 6) is 0. The van der Waals surface area contributed by atoms with Gasteiger partial charge in [-0.25, -0.2) is 0 Å². The molecular formula is C9H8Cl4F3N. The summed E-state index contributed by atoms with van der Waals surface area (Å²) in [6, 6.07) is 1.35. The van der Waals surface area contributed by atoms with Gasteiger partial charge in [0.1, 0.15) is 0 Å². The van der Waals surface area contributed by atoms with Crippen molar-refractivity contribution in [3.05, 3.63) is 32.8 Å².